The Morgan fingerprint density at radius 1 is 1.17 bits per heavy atom. The van der Waals surface area contributed by atoms with Gasteiger partial charge in [0.25, 0.3) is 0 Å². The number of aromatic carboxylic acids is 1. The summed E-state index contributed by atoms with van der Waals surface area (Å²) in [5.41, 5.74) is 0.898. The molecule has 0 amide bonds. The van der Waals surface area contributed by atoms with Crippen molar-refractivity contribution >= 4 is 45.0 Å². The standard InChI is InChI=1S/C19H19N3O6S/c1-5-28-19(25)15-9(2)14-16(20-8-21-17(14)29-15)22-11-7-13(27-4)12(26-3)6-10(11)18(23)24/h6-8H,5H2,1-4H3,(H,23,24)(H,20,21,22). The lowest BCUT2D eigenvalue weighted by Gasteiger charge is -2.14. The van der Waals surface area contributed by atoms with E-state index in [9.17, 15) is 14.7 Å². The van der Waals surface area contributed by atoms with E-state index in [1.165, 1.54) is 44.0 Å². The van der Waals surface area contributed by atoms with Crippen LogP contribution in [0.4, 0.5) is 11.5 Å². The molecule has 0 aliphatic heterocycles. The minimum absolute atomic E-state index is 0.0205. The van der Waals surface area contributed by atoms with Gasteiger partial charge in [0.15, 0.2) is 11.5 Å². The van der Waals surface area contributed by atoms with Crippen LogP contribution in [-0.4, -0.2) is 47.8 Å². The lowest BCUT2D eigenvalue weighted by atomic mass is 10.1. The molecule has 9 nitrogen and oxygen atoms in total. The van der Waals surface area contributed by atoms with E-state index >= 15 is 0 Å². The maximum Gasteiger partial charge on any atom is 0.348 e. The molecule has 0 radical (unpaired) electrons. The maximum absolute atomic E-state index is 12.2. The molecule has 0 unspecified atom stereocenters. The molecular formula is C19H19N3O6S. The average Bonchev–Trinajstić information content (AvgIpc) is 3.05. The lowest BCUT2D eigenvalue weighted by Crippen LogP contribution is -2.06. The second-order valence-corrected chi connectivity index (χ2v) is 6.86. The van der Waals surface area contributed by atoms with Crippen molar-refractivity contribution in [3.8, 4) is 11.5 Å². The van der Waals surface area contributed by atoms with Crippen molar-refractivity contribution in [3.05, 3.63) is 34.5 Å². The highest BCUT2D eigenvalue weighted by molar-refractivity contribution is 7.20. The molecule has 0 fully saturated rings. The molecule has 0 saturated heterocycles. The van der Waals surface area contributed by atoms with Gasteiger partial charge in [0.05, 0.1) is 37.5 Å². The van der Waals surface area contributed by atoms with Crippen molar-refractivity contribution in [2.75, 3.05) is 26.1 Å². The molecule has 0 atom stereocenters. The number of thiophene rings is 1. The number of carboxylic acid groups (broad SMARTS) is 1. The van der Waals surface area contributed by atoms with Gasteiger partial charge < -0.3 is 24.6 Å². The molecule has 0 bridgehead atoms. The quantitative estimate of drug-likeness (QED) is 0.555. The van der Waals surface area contributed by atoms with E-state index in [0.29, 0.717) is 38.0 Å². The summed E-state index contributed by atoms with van der Waals surface area (Å²) >= 11 is 1.19. The van der Waals surface area contributed by atoms with Crippen LogP contribution >= 0.6 is 11.3 Å². The first-order valence-electron chi connectivity index (χ1n) is 8.58. The average molecular weight is 417 g/mol. The molecule has 0 spiro atoms. The van der Waals surface area contributed by atoms with Gasteiger partial charge in [-0.2, -0.15) is 0 Å². The topological polar surface area (TPSA) is 120 Å². The number of ether oxygens (including phenoxy) is 3. The monoisotopic (exact) mass is 417 g/mol. The van der Waals surface area contributed by atoms with Gasteiger partial charge in [-0.3, -0.25) is 0 Å². The zero-order valence-corrected chi connectivity index (χ0v) is 17.0. The van der Waals surface area contributed by atoms with Crippen LogP contribution in [-0.2, 0) is 4.74 Å². The van der Waals surface area contributed by atoms with E-state index in [2.05, 4.69) is 15.3 Å². The number of esters is 1. The number of methoxy groups -OCH3 is 2. The molecule has 0 saturated carbocycles. The summed E-state index contributed by atoms with van der Waals surface area (Å²) in [7, 11) is 2.88. The molecule has 2 aromatic heterocycles. The third kappa shape index (κ3) is 3.79. The van der Waals surface area contributed by atoms with Crippen LogP contribution in [0.3, 0.4) is 0 Å². The highest BCUT2D eigenvalue weighted by Gasteiger charge is 2.22. The molecule has 3 rings (SSSR count). The number of benzene rings is 1. The Labute approximate surface area is 170 Å². The summed E-state index contributed by atoms with van der Waals surface area (Å²) < 4.78 is 15.6. The molecule has 3 aromatic rings. The Balaban J connectivity index is 2.13. The maximum atomic E-state index is 12.2. The van der Waals surface area contributed by atoms with Crippen LogP contribution in [0.2, 0.25) is 0 Å². The number of carbonyl (C=O) groups is 2. The van der Waals surface area contributed by atoms with Crippen molar-refractivity contribution in [2.45, 2.75) is 13.8 Å². The van der Waals surface area contributed by atoms with Crippen molar-refractivity contribution in [1.29, 1.82) is 0 Å². The predicted octanol–water partition coefficient (Wildman–Crippen LogP) is 3.64. The third-order valence-corrected chi connectivity index (χ3v) is 5.37. The predicted molar refractivity (Wildman–Crippen MR) is 108 cm³/mol. The molecule has 0 aliphatic carbocycles. The van der Waals surface area contributed by atoms with E-state index in [1.54, 1.807) is 13.8 Å². The van der Waals surface area contributed by atoms with Crippen molar-refractivity contribution in [2.24, 2.45) is 0 Å². The Bertz CT molecular complexity index is 1100. The van der Waals surface area contributed by atoms with Gasteiger partial charge in [-0.25, -0.2) is 19.6 Å². The molecule has 1 aromatic carbocycles. The zero-order valence-electron chi connectivity index (χ0n) is 16.2. The number of rotatable bonds is 7. The normalized spacial score (nSPS) is 10.6. The van der Waals surface area contributed by atoms with Crippen molar-refractivity contribution in [3.63, 3.8) is 0 Å². The van der Waals surface area contributed by atoms with Crippen molar-refractivity contribution in [1.82, 2.24) is 9.97 Å². The number of aryl methyl sites for hydroxylation is 1. The van der Waals surface area contributed by atoms with Gasteiger partial charge in [0.1, 0.15) is 21.9 Å². The van der Waals surface area contributed by atoms with Gasteiger partial charge >= 0.3 is 11.9 Å². The fourth-order valence-corrected chi connectivity index (χ4v) is 3.89. The second kappa shape index (κ2) is 8.31. The molecule has 2 N–H and O–H groups in total. The number of nitrogens with zero attached hydrogens (tertiary/aromatic N) is 2. The number of carbonyl (C=O) groups excluding carboxylic acids is 1. The highest BCUT2D eigenvalue weighted by Crippen LogP contribution is 2.38. The summed E-state index contributed by atoms with van der Waals surface area (Å²) in [6.45, 7) is 3.76. The van der Waals surface area contributed by atoms with Crippen LogP contribution < -0.4 is 14.8 Å². The highest BCUT2D eigenvalue weighted by atomic mass is 32.1. The second-order valence-electron chi connectivity index (χ2n) is 5.86. The summed E-state index contributed by atoms with van der Waals surface area (Å²) in [4.78, 5) is 33.4. The van der Waals surface area contributed by atoms with Crippen LogP contribution in [0.1, 0.15) is 32.5 Å². The lowest BCUT2D eigenvalue weighted by molar-refractivity contribution is 0.0531. The fourth-order valence-electron chi connectivity index (χ4n) is 2.84. The zero-order chi connectivity index (χ0) is 21.1. The van der Waals surface area contributed by atoms with E-state index in [-0.39, 0.29) is 17.9 Å². The fraction of sp³-hybridized carbons (Fsp3) is 0.263. The Morgan fingerprint density at radius 3 is 2.48 bits per heavy atom. The van der Waals surface area contributed by atoms with E-state index in [4.69, 9.17) is 14.2 Å². The number of hydrogen-bond acceptors (Lipinski definition) is 9. The number of fused-ring (bicyclic) bond motifs is 1. The molecule has 29 heavy (non-hydrogen) atoms. The first-order chi connectivity index (χ1) is 13.9. The third-order valence-electron chi connectivity index (χ3n) is 4.19. The smallest absolute Gasteiger partial charge is 0.348 e. The minimum Gasteiger partial charge on any atom is -0.493 e. The minimum atomic E-state index is -1.15. The molecule has 0 aliphatic rings. The first kappa shape index (κ1) is 20.3. The van der Waals surface area contributed by atoms with Gasteiger partial charge in [-0.05, 0) is 19.4 Å². The van der Waals surface area contributed by atoms with Gasteiger partial charge in [0.2, 0.25) is 0 Å². The summed E-state index contributed by atoms with van der Waals surface area (Å²) in [5.74, 6) is -0.558. The first-order valence-corrected chi connectivity index (χ1v) is 9.40. The SMILES string of the molecule is CCOC(=O)c1sc2ncnc(Nc3cc(OC)c(OC)cc3C(=O)O)c2c1C. The largest absolute Gasteiger partial charge is 0.493 e. The molecule has 10 heteroatoms. The van der Waals surface area contributed by atoms with Gasteiger partial charge in [0, 0.05) is 12.1 Å². The Kier molecular flexibility index (Phi) is 5.83. The van der Waals surface area contributed by atoms with Crippen LogP contribution in [0.25, 0.3) is 10.2 Å². The Hall–Kier alpha value is -3.40. The number of carboxylic acids is 1. The van der Waals surface area contributed by atoms with Crippen molar-refractivity contribution < 1.29 is 28.9 Å². The number of anilines is 2. The summed E-state index contributed by atoms with van der Waals surface area (Å²) in [6, 6.07) is 2.89. The molecular weight excluding hydrogens is 398 g/mol. The summed E-state index contributed by atoms with van der Waals surface area (Å²) in [6.07, 6.45) is 1.34. The number of nitrogens with one attached hydrogen (secondary N) is 1. The Morgan fingerprint density at radius 2 is 1.86 bits per heavy atom. The van der Waals surface area contributed by atoms with E-state index in [1.807, 2.05) is 0 Å². The van der Waals surface area contributed by atoms with E-state index < -0.39 is 11.9 Å². The van der Waals surface area contributed by atoms with Crippen LogP contribution in [0.5, 0.6) is 11.5 Å². The molecule has 152 valence electrons. The summed E-state index contributed by atoms with van der Waals surface area (Å²) in [5, 5.41) is 13.3. The molecule has 2 heterocycles. The van der Waals surface area contributed by atoms with Crippen LogP contribution in [0.15, 0.2) is 18.5 Å². The van der Waals surface area contributed by atoms with Crippen LogP contribution in [0, 0.1) is 6.92 Å². The van der Waals surface area contributed by atoms with Gasteiger partial charge in [-0.1, -0.05) is 0 Å². The number of hydrogen-bond donors (Lipinski definition) is 2. The number of aromatic nitrogens is 2. The van der Waals surface area contributed by atoms with E-state index in [0.717, 1.165) is 0 Å². The van der Waals surface area contributed by atoms with Gasteiger partial charge in [-0.15, -0.1) is 11.3 Å².